The maximum absolute atomic E-state index is 13.7. The van der Waals surface area contributed by atoms with Gasteiger partial charge in [0.05, 0.1) is 23.4 Å². The summed E-state index contributed by atoms with van der Waals surface area (Å²) in [7, 11) is -4.11. The van der Waals surface area contributed by atoms with E-state index in [1.807, 2.05) is 6.92 Å². The van der Waals surface area contributed by atoms with E-state index in [0.29, 0.717) is 17.4 Å². The van der Waals surface area contributed by atoms with Gasteiger partial charge in [-0.1, -0.05) is 29.8 Å². The third-order valence-corrected chi connectivity index (χ3v) is 6.46. The van der Waals surface area contributed by atoms with E-state index in [1.54, 1.807) is 18.2 Å². The second-order valence-corrected chi connectivity index (χ2v) is 9.01. The van der Waals surface area contributed by atoms with Crippen LogP contribution in [-0.4, -0.2) is 33.7 Å². The van der Waals surface area contributed by atoms with E-state index in [2.05, 4.69) is 10.5 Å². The quantitative estimate of drug-likeness (QED) is 0.360. The van der Waals surface area contributed by atoms with E-state index >= 15 is 0 Å². The van der Waals surface area contributed by atoms with Gasteiger partial charge in [0.15, 0.2) is 0 Å². The van der Waals surface area contributed by atoms with Crippen LogP contribution in [0.4, 0.5) is 10.1 Å². The van der Waals surface area contributed by atoms with E-state index in [1.165, 1.54) is 54.6 Å². The molecule has 0 aromatic heterocycles. The molecule has 0 saturated heterocycles. The molecule has 0 saturated carbocycles. The summed E-state index contributed by atoms with van der Waals surface area (Å²) in [6.07, 6.45) is 1.14. The van der Waals surface area contributed by atoms with E-state index in [9.17, 15) is 17.6 Å². The monoisotopic (exact) mass is 489 g/mol. The fraction of sp³-hybridized carbons (Fsp3) is 0.130. The molecule has 172 valence electrons. The summed E-state index contributed by atoms with van der Waals surface area (Å²) in [6.45, 7) is 1.72. The summed E-state index contributed by atoms with van der Waals surface area (Å²) >= 11 is 5.88. The maximum atomic E-state index is 13.7. The van der Waals surface area contributed by atoms with Gasteiger partial charge in [-0.2, -0.15) is 5.10 Å². The molecular formula is C23H21ClFN3O4S. The molecule has 10 heteroatoms. The number of halogens is 2. The van der Waals surface area contributed by atoms with Crippen molar-refractivity contribution in [2.45, 2.75) is 11.8 Å². The Bertz CT molecular complexity index is 1230. The second-order valence-electron chi connectivity index (χ2n) is 6.71. The van der Waals surface area contributed by atoms with Gasteiger partial charge >= 0.3 is 0 Å². The molecule has 1 N–H and O–H groups in total. The summed E-state index contributed by atoms with van der Waals surface area (Å²) in [5.41, 5.74) is 2.66. The summed E-state index contributed by atoms with van der Waals surface area (Å²) in [5, 5.41) is 4.11. The Hall–Kier alpha value is -3.43. The number of sulfonamides is 1. The number of benzene rings is 3. The Morgan fingerprint density at radius 3 is 2.39 bits per heavy atom. The van der Waals surface area contributed by atoms with E-state index in [0.717, 1.165) is 10.5 Å². The normalized spacial score (nSPS) is 11.4. The van der Waals surface area contributed by atoms with Crippen LogP contribution < -0.4 is 14.5 Å². The number of nitrogens with zero attached hydrogens (tertiary/aromatic N) is 2. The Morgan fingerprint density at radius 2 is 1.76 bits per heavy atom. The van der Waals surface area contributed by atoms with Crippen LogP contribution >= 0.6 is 11.6 Å². The lowest BCUT2D eigenvalue weighted by Gasteiger charge is -2.24. The molecule has 0 aliphatic carbocycles. The first-order valence-corrected chi connectivity index (χ1v) is 11.7. The number of anilines is 1. The molecular weight excluding hydrogens is 469 g/mol. The van der Waals surface area contributed by atoms with Gasteiger partial charge in [-0.3, -0.25) is 9.10 Å². The van der Waals surface area contributed by atoms with Gasteiger partial charge in [0.2, 0.25) is 0 Å². The van der Waals surface area contributed by atoms with Crippen LogP contribution in [0.3, 0.4) is 0 Å². The highest BCUT2D eigenvalue weighted by Crippen LogP contribution is 2.26. The predicted molar refractivity (Wildman–Crippen MR) is 126 cm³/mol. The number of hydrazone groups is 1. The number of rotatable bonds is 9. The number of amides is 1. The maximum Gasteiger partial charge on any atom is 0.264 e. The van der Waals surface area contributed by atoms with Gasteiger partial charge in [-0.15, -0.1) is 0 Å². The third kappa shape index (κ3) is 6.30. The number of nitrogens with one attached hydrogen (secondary N) is 1. The number of carbonyl (C=O) groups is 1. The molecule has 3 rings (SSSR count). The molecule has 0 bridgehead atoms. The number of ether oxygens (including phenoxy) is 1. The molecule has 3 aromatic rings. The van der Waals surface area contributed by atoms with Crippen LogP contribution in [0.2, 0.25) is 5.02 Å². The molecule has 0 spiro atoms. The highest BCUT2D eigenvalue weighted by Gasteiger charge is 2.27. The molecule has 0 aliphatic rings. The van der Waals surface area contributed by atoms with E-state index < -0.39 is 28.3 Å². The van der Waals surface area contributed by atoms with Crippen molar-refractivity contribution in [3.05, 3.63) is 89.2 Å². The lowest BCUT2D eigenvalue weighted by molar-refractivity contribution is -0.119. The molecule has 3 aromatic carbocycles. The summed E-state index contributed by atoms with van der Waals surface area (Å²) in [5.74, 6) is -0.658. The van der Waals surface area contributed by atoms with Crippen molar-refractivity contribution in [2.24, 2.45) is 5.10 Å². The highest BCUT2D eigenvalue weighted by molar-refractivity contribution is 7.92. The van der Waals surface area contributed by atoms with Gasteiger partial charge in [0, 0.05) is 10.6 Å². The molecule has 1 amide bonds. The first kappa shape index (κ1) is 24.2. The fourth-order valence-corrected chi connectivity index (χ4v) is 4.39. The summed E-state index contributed by atoms with van der Waals surface area (Å²) in [4.78, 5) is 12.5. The SMILES string of the molecule is CCOc1ccc(N(CC(=O)N/N=C\c2ccccc2F)S(=O)(=O)c2ccc(Cl)cc2)cc1. The van der Waals surface area contributed by atoms with Crippen molar-refractivity contribution in [1.82, 2.24) is 5.43 Å². The van der Waals surface area contributed by atoms with Crippen molar-refractivity contribution >= 4 is 39.4 Å². The van der Waals surface area contributed by atoms with Crippen LogP contribution in [0, 0.1) is 5.82 Å². The number of hydrogen-bond donors (Lipinski definition) is 1. The van der Waals surface area contributed by atoms with Crippen molar-refractivity contribution < 1.29 is 22.3 Å². The Kier molecular flexibility index (Phi) is 8.02. The molecule has 33 heavy (non-hydrogen) atoms. The zero-order valence-corrected chi connectivity index (χ0v) is 19.2. The minimum absolute atomic E-state index is 0.0385. The Labute approximate surface area is 196 Å². The Morgan fingerprint density at radius 1 is 1.09 bits per heavy atom. The largest absolute Gasteiger partial charge is 0.494 e. The average molecular weight is 490 g/mol. The summed E-state index contributed by atoms with van der Waals surface area (Å²) in [6, 6.07) is 17.8. The van der Waals surface area contributed by atoms with Crippen LogP contribution in [0.25, 0.3) is 0 Å². The molecule has 0 atom stereocenters. The smallest absolute Gasteiger partial charge is 0.264 e. The molecule has 0 heterocycles. The molecule has 7 nitrogen and oxygen atoms in total. The molecule has 0 aliphatic heterocycles. The van der Waals surface area contributed by atoms with Crippen LogP contribution in [-0.2, 0) is 14.8 Å². The van der Waals surface area contributed by atoms with Crippen LogP contribution in [0.5, 0.6) is 5.75 Å². The van der Waals surface area contributed by atoms with Gasteiger partial charge in [-0.25, -0.2) is 18.2 Å². The summed E-state index contributed by atoms with van der Waals surface area (Å²) < 4.78 is 46.7. The van der Waals surface area contributed by atoms with Gasteiger partial charge < -0.3 is 4.74 Å². The van der Waals surface area contributed by atoms with Gasteiger partial charge in [0.25, 0.3) is 15.9 Å². The van der Waals surface area contributed by atoms with Crippen molar-refractivity contribution in [3.63, 3.8) is 0 Å². The van der Waals surface area contributed by atoms with E-state index in [4.69, 9.17) is 16.3 Å². The molecule has 0 unspecified atom stereocenters. The Balaban J connectivity index is 1.85. The first-order chi connectivity index (χ1) is 15.8. The minimum atomic E-state index is -4.11. The average Bonchev–Trinajstić information content (AvgIpc) is 2.80. The first-order valence-electron chi connectivity index (χ1n) is 9.89. The van der Waals surface area contributed by atoms with Gasteiger partial charge in [-0.05, 0) is 61.5 Å². The topological polar surface area (TPSA) is 88.1 Å². The lowest BCUT2D eigenvalue weighted by Crippen LogP contribution is -2.39. The second kappa shape index (κ2) is 10.9. The zero-order chi connectivity index (χ0) is 23.8. The standard InChI is InChI=1S/C23H21ClFN3O4S/c1-2-32-20-11-9-19(10-12-20)28(33(30,31)21-13-7-18(24)8-14-21)16-23(29)27-26-15-17-5-3-4-6-22(17)25/h3-15H,2,16H2,1H3,(H,27,29)/b26-15-. The van der Waals surface area contributed by atoms with Crippen LogP contribution in [0.1, 0.15) is 12.5 Å². The molecule has 0 fully saturated rings. The van der Waals surface area contributed by atoms with Crippen LogP contribution in [0.15, 0.2) is 82.8 Å². The lowest BCUT2D eigenvalue weighted by atomic mass is 10.2. The van der Waals surface area contributed by atoms with Crippen molar-refractivity contribution in [1.29, 1.82) is 0 Å². The highest BCUT2D eigenvalue weighted by atomic mass is 35.5. The van der Waals surface area contributed by atoms with E-state index in [-0.39, 0.29) is 16.1 Å². The van der Waals surface area contributed by atoms with Gasteiger partial charge in [0.1, 0.15) is 18.1 Å². The fourth-order valence-electron chi connectivity index (χ4n) is 2.84. The zero-order valence-electron chi connectivity index (χ0n) is 17.6. The minimum Gasteiger partial charge on any atom is -0.494 e. The predicted octanol–water partition coefficient (Wildman–Crippen LogP) is 4.22. The molecule has 0 radical (unpaired) electrons. The van der Waals surface area contributed by atoms with Crippen molar-refractivity contribution in [2.75, 3.05) is 17.5 Å². The van der Waals surface area contributed by atoms with Crippen molar-refractivity contribution in [3.8, 4) is 5.75 Å². The number of carbonyl (C=O) groups excluding carboxylic acids is 1. The number of hydrogen-bond acceptors (Lipinski definition) is 5. The third-order valence-electron chi connectivity index (χ3n) is 4.42.